The fraction of sp³-hybridized carbons (Fsp3) is 0.143. The van der Waals surface area contributed by atoms with Crippen LogP contribution in [0.5, 0.6) is 0 Å². The minimum absolute atomic E-state index is 0.586. The molecule has 60 valence electrons. The van der Waals surface area contributed by atoms with E-state index in [0.717, 1.165) is 8.95 Å². The molecule has 0 aliphatic rings. The minimum atomic E-state index is 0.586. The van der Waals surface area contributed by atoms with Gasteiger partial charge in [-0.05, 0) is 18.2 Å². The molecule has 0 aliphatic carbocycles. The van der Waals surface area contributed by atoms with Crippen LogP contribution in [0.2, 0.25) is 0 Å². The molecule has 0 bridgehead atoms. The first-order valence-corrected chi connectivity index (χ1v) is 5.98. The van der Waals surface area contributed by atoms with E-state index in [1.165, 1.54) is 4.90 Å². The standard InChI is InChI=1S/C7H5Br2ClS/c8-5-1-6(9)3-7(2-5)11-4-10/h1-3H,4H2. The van der Waals surface area contributed by atoms with E-state index in [9.17, 15) is 0 Å². The Hall–Kier alpha value is 0.820. The van der Waals surface area contributed by atoms with E-state index in [1.54, 1.807) is 11.8 Å². The van der Waals surface area contributed by atoms with Gasteiger partial charge in [-0.15, -0.1) is 23.4 Å². The molecule has 0 radical (unpaired) electrons. The molecule has 0 nitrogen and oxygen atoms in total. The summed E-state index contributed by atoms with van der Waals surface area (Å²) in [6, 6.07) is 6.08. The average Bonchev–Trinajstić information content (AvgIpc) is 1.85. The molecular weight excluding hydrogens is 311 g/mol. The van der Waals surface area contributed by atoms with Gasteiger partial charge in [0.05, 0.1) is 5.21 Å². The van der Waals surface area contributed by atoms with Crippen LogP contribution in [0.1, 0.15) is 0 Å². The van der Waals surface area contributed by atoms with Gasteiger partial charge in [-0.3, -0.25) is 0 Å². The van der Waals surface area contributed by atoms with E-state index in [4.69, 9.17) is 11.6 Å². The Balaban J connectivity index is 2.89. The lowest BCUT2D eigenvalue weighted by Gasteiger charge is -1.99. The number of alkyl halides is 1. The topological polar surface area (TPSA) is 0 Å². The molecule has 1 rings (SSSR count). The highest BCUT2D eigenvalue weighted by molar-refractivity contribution is 9.11. The number of hydrogen-bond donors (Lipinski definition) is 0. The lowest BCUT2D eigenvalue weighted by molar-refractivity contribution is 1.41. The summed E-state index contributed by atoms with van der Waals surface area (Å²) in [5, 5.41) is 0.586. The number of rotatable bonds is 2. The molecule has 0 heterocycles. The van der Waals surface area contributed by atoms with E-state index in [2.05, 4.69) is 31.9 Å². The third kappa shape index (κ3) is 3.36. The smallest absolute Gasteiger partial charge is 0.0727 e. The van der Waals surface area contributed by atoms with Crippen molar-refractivity contribution >= 4 is 55.2 Å². The highest BCUT2D eigenvalue weighted by Crippen LogP contribution is 2.27. The lowest BCUT2D eigenvalue weighted by Crippen LogP contribution is -1.72. The van der Waals surface area contributed by atoms with Crippen molar-refractivity contribution in [2.24, 2.45) is 0 Å². The third-order valence-electron chi connectivity index (χ3n) is 1.06. The van der Waals surface area contributed by atoms with E-state index < -0.39 is 0 Å². The molecule has 0 amide bonds. The second kappa shape index (κ2) is 4.75. The van der Waals surface area contributed by atoms with Gasteiger partial charge in [-0.2, -0.15) is 0 Å². The van der Waals surface area contributed by atoms with Gasteiger partial charge < -0.3 is 0 Å². The van der Waals surface area contributed by atoms with Gasteiger partial charge in [-0.1, -0.05) is 31.9 Å². The Kier molecular flexibility index (Phi) is 4.28. The summed E-state index contributed by atoms with van der Waals surface area (Å²) in [7, 11) is 0. The van der Waals surface area contributed by atoms with Crippen LogP contribution in [0, 0.1) is 0 Å². The summed E-state index contributed by atoms with van der Waals surface area (Å²) >= 11 is 14.0. The predicted molar refractivity (Wildman–Crippen MR) is 58.4 cm³/mol. The van der Waals surface area contributed by atoms with E-state index in [-0.39, 0.29) is 0 Å². The van der Waals surface area contributed by atoms with Gasteiger partial charge in [0, 0.05) is 13.8 Å². The fourth-order valence-corrected chi connectivity index (χ4v) is 3.20. The summed E-state index contributed by atoms with van der Waals surface area (Å²) in [6.07, 6.45) is 0. The van der Waals surface area contributed by atoms with Crippen LogP contribution in [-0.2, 0) is 0 Å². The Bertz CT molecular complexity index is 232. The molecule has 11 heavy (non-hydrogen) atoms. The van der Waals surface area contributed by atoms with Gasteiger partial charge in [0.2, 0.25) is 0 Å². The van der Waals surface area contributed by atoms with Crippen LogP contribution in [0.15, 0.2) is 32.0 Å². The maximum absolute atomic E-state index is 5.57. The van der Waals surface area contributed by atoms with Gasteiger partial charge in [-0.25, -0.2) is 0 Å². The SMILES string of the molecule is ClCSc1cc(Br)cc(Br)c1. The molecule has 0 N–H and O–H groups in total. The Labute approximate surface area is 92.0 Å². The van der Waals surface area contributed by atoms with Crippen LogP contribution < -0.4 is 0 Å². The summed E-state index contributed by atoms with van der Waals surface area (Å²) in [6.45, 7) is 0. The molecule has 0 atom stereocenters. The second-order valence-electron chi connectivity index (χ2n) is 1.86. The van der Waals surface area contributed by atoms with Crippen LogP contribution in [0.3, 0.4) is 0 Å². The Morgan fingerprint density at radius 2 is 1.73 bits per heavy atom. The average molecular weight is 316 g/mol. The highest BCUT2D eigenvalue weighted by atomic mass is 79.9. The summed E-state index contributed by atoms with van der Waals surface area (Å²) in [5.41, 5.74) is 0. The maximum Gasteiger partial charge on any atom is 0.0727 e. The van der Waals surface area contributed by atoms with Gasteiger partial charge in [0.1, 0.15) is 0 Å². The number of benzene rings is 1. The largest absolute Gasteiger partial charge is 0.114 e. The van der Waals surface area contributed by atoms with Crippen LogP contribution >= 0.6 is 55.2 Å². The fourth-order valence-electron chi connectivity index (χ4n) is 0.675. The first-order valence-electron chi connectivity index (χ1n) is 2.87. The van der Waals surface area contributed by atoms with Gasteiger partial charge in [0.25, 0.3) is 0 Å². The minimum Gasteiger partial charge on any atom is -0.114 e. The van der Waals surface area contributed by atoms with Crippen LogP contribution in [0.25, 0.3) is 0 Å². The number of hydrogen-bond acceptors (Lipinski definition) is 1. The third-order valence-corrected chi connectivity index (χ3v) is 2.98. The summed E-state index contributed by atoms with van der Waals surface area (Å²) in [4.78, 5) is 1.17. The van der Waals surface area contributed by atoms with Crippen molar-refractivity contribution in [1.29, 1.82) is 0 Å². The number of thioether (sulfide) groups is 1. The first-order chi connectivity index (χ1) is 5.22. The van der Waals surface area contributed by atoms with Crippen molar-refractivity contribution in [1.82, 2.24) is 0 Å². The molecule has 1 aromatic carbocycles. The monoisotopic (exact) mass is 314 g/mol. The molecule has 0 aliphatic heterocycles. The van der Waals surface area contributed by atoms with Crippen LogP contribution in [0.4, 0.5) is 0 Å². The molecule has 0 saturated heterocycles. The summed E-state index contributed by atoms with van der Waals surface area (Å²) < 4.78 is 2.14. The molecule has 0 unspecified atom stereocenters. The van der Waals surface area contributed by atoms with E-state index in [0.29, 0.717) is 5.21 Å². The molecule has 0 fully saturated rings. The molecular formula is C7H5Br2ClS. The van der Waals surface area contributed by atoms with E-state index in [1.807, 2.05) is 18.2 Å². The first kappa shape index (κ1) is 9.90. The van der Waals surface area contributed by atoms with Crippen LogP contribution in [-0.4, -0.2) is 5.21 Å². The van der Waals surface area contributed by atoms with Crippen molar-refractivity contribution in [2.75, 3.05) is 5.21 Å². The predicted octanol–water partition coefficient (Wildman–Crippen LogP) is 4.50. The van der Waals surface area contributed by atoms with Crippen molar-refractivity contribution in [2.45, 2.75) is 4.90 Å². The van der Waals surface area contributed by atoms with Crippen molar-refractivity contribution < 1.29 is 0 Å². The van der Waals surface area contributed by atoms with E-state index >= 15 is 0 Å². The zero-order valence-electron chi connectivity index (χ0n) is 5.48. The van der Waals surface area contributed by atoms with Gasteiger partial charge in [0.15, 0.2) is 0 Å². The lowest BCUT2D eigenvalue weighted by atomic mass is 10.4. The molecule has 4 heteroatoms. The highest BCUT2D eigenvalue weighted by Gasteiger charge is 1.96. The van der Waals surface area contributed by atoms with Crippen molar-refractivity contribution in [3.8, 4) is 0 Å². The quantitative estimate of drug-likeness (QED) is 0.572. The second-order valence-corrected chi connectivity index (χ2v) is 5.32. The Morgan fingerprint density at radius 3 is 2.18 bits per heavy atom. The maximum atomic E-state index is 5.57. The molecule has 0 aromatic heterocycles. The van der Waals surface area contributed by atoms with Crippen molar-refractivity contribution in [3.63, 3.8) is 0 Å². The molecule has 0 spiro atoms. The summed E-state index contributed by atoms with van der Waals surface area (Å²) in [5.74, 6) is 0. The van der Waals surface area contributed by atoms with Crippen molar-refractivity contribution in [3.05, 3.63) is 27.1 Å². The molecule has 0 saturated carbocycles. The zero-order valence-corrected chi connectivity index (χ0v) is 10.2. The van der Waals surface area contributed by atoms with Gasteiger partial charge >= 0.3 is 0 Å². The zero-order chi connectivity index (χ0) is 8.27. The Morgan fingerprint density at radius 1 is 1.18 bits per heavy atom. The molecule has 1 aromatic rings. The number of halogens is 3. The normalized spacial score (nSPS) is 10.1.